The first-order valence-corrected chi connectivity index (χ1v) is 4.26. The second kappa shape index (κ2) is 10.0. The van der Waals surface area contributed by atoms with Crippen LogP contribution in [0.3, 0.4) is 0 Å². The van der Waals surface area contributed by atoms with Crippen molar-refractivity contribution in [2.75, 3.05) is 6.61 Å². The Morgan fingerprint density at radius 3 is 2.33 bits per heavy atom. The zero-order chi connectivity index (χ0) is 9.98. The van der Waals surface area contributed by atoms with Crippen LogP contribution in [0.2, 0.25) is 0 Å². The van der Waals surface area contributed by atoms with Crippen molar-refractivity contribution in [3.05, 3.63) is 0 Å². The van der Waals surface area contributed by atoms with Crippen LogP contribution in [0.1, 0.15) is 34.1 Å². The van der Waals surface area contributed by atoms with Gasteiger partial charge in [0.1, 0.15) is 0 Å². The fourth-order valence-electron chi connectivity index (χ4n) is 0.514. The van der Waals surface area contributed by atoms with Crippen LogP contribution in [0, 0.1) is 18.3 Å². The number of carbonyl (C=O) groups is 1. The highest BCUT2D eigenvalue weighted by molar-refractivity contribution is 5.69. The third-order valence-corrected chi connectivity index (χ3v) is 0.891. The van der Waals surface area contributed by atoms with Gasteiger partial charge in [0.25, 0.3) is 0 Å². The molecule has 0 unspecified atom stereocenters. The van der Waals surface area contributed by atoms with E-state index < -0.39 is 0 Å². The van der Waals surface area contributed by atoms with E-state index in [-0.39, 0.29) is 12.6 Å². The molecule has 0 atom stereocenters. The van der Waals surface area contributed by atoms with Gasteiger partial charge in [-0.3, -0.25) is 4.79 Å². The fraction of sp³-hybridized carbons (Fsp3) is 0.700. The lowest BCUT2D eigenvalue weighted by atomic mass is 10.1. The summed E-state index contributed by atoms with van der Waals surface area (Å²) in [4.78, 5) is 10.7. The molecule has 0 aromatic heterocycles. The van der Waals surface area contributed by atoms with Crippen molar-refractivity contribution >= 4 is 5.97 Å². The molecule has 0 N–H and O–H groups in total. The van der Waals surface area contributed by atoms with Crippen molar-refractivity contribution in [2.45, 2.75) is 34.1 Å². The highest BCUT2D eigenvalue weighted by atomic mass is 16.5. The average Bonchev–Trinajstić information content (AvgIpc) is 2.03. The lowest BCUT2D eigenvalue weighted by molar-refractivity contribution is -0.143. The Morgan fingerprint density at radius 2 is 2.00 bits per heavy atom. The van der Waals surface area contributed by atoms with E-state index in [2.05, 4.69) is 10.7 Å². The smallest absolute Gasteiger partial charge is 0.307 e. The van der Waals surface area contributed by atoms with Crippen LogP contribution in [-0.2, 0) is 9.53 Å². The van der Waals surface area contributed by atoms with Gasteiger partial charge < -0.3 is 4.74 Å². The number of rotatable bonds is 3. The molecule has 0 spiro atoms. The highest BCUT2D eigenvalue weighted by Crippen LogP contribution is 1.99. The minimum absolute atomic E-state index is 0.0888. The normalized spacial score (nSPS) is 8.00. The predicted molar refractivity (Wildman–Crippen MR) is 50.6 cm³/mol. The third-order valence-electron chi connectivity index (χ3n) is 0.891. The molecule has 0 heterocycles. The fourth-order valence-corrected chi connectivity index (χ4v) is 0.514. The van der Waals surface area contributed by atoms with E-state index >= 15 is 0 Å². The lowest BCUT2D eigenvalue weighted by Gasteiger charge is -2.02. The summed E-state index contributed by atoms with van der Waals surface area (Å²) in [7, 11) is 0. The van der Waals surface area contributed by atoms with Crippen molar-refractivity contribution in [3.63, 3.8) is 0 Å². The highest BCUT2D eigenvalue weighted by Gasteiger charge is 2.03. The SMILES string of the molecule is C#CCOC(=O)CC(C)C.CC. The number of ether oxygens (including phenoxy) is 1. The van der Waals surface area contributed by atoms with Crippen molar-refractivity contribution in [1.82, 2.24) is 0 Å². The summed E-state index contributed by atoms with van der Waals surface area (Å²) in [5.41, 5.74) is 0. The molecule has 12 heavy (non-hydrogen) atoms. The molecular weight excluding hydrogens is 152 g/mol. The van der Waals surface area contributed by atoms with Gasteiger partial charge in [-0.25, -0.2) is 0 Å². The summed E-state index contributed by atoms with van der Waals surface area (Å²) < 4.78 is 4.63. The van der Waals surface area contributed by atoms with Gasteiger partial charge in [0.15, 0.2) is 6.61 Å². The van der Waals surface area contributed by atoms with Gasteiger partial charge in [0, 0.05) is 6.42 Å². The van der Waals surface area contributed by atoms with Crippen molar-refractivity contribution in [2.24, 2.45) is 5.92 Å². The predicted octanol–water partition coefficient (Wildman–Crippen LogP) is 2.24. The minimum atomic E-state index is -0.215. The topological polar surface area (TPSA) is 26.3 Å². The molecule has 2 heteroatoms. The first-order valence-electron chi connectivity index (χ1n) is 4.26. The standard InChI is InChI=1S/C8H12O2.C2H6/c1-4-5-10-8(9)6-7(2)3;1-2/h1,7H,5-6H2,2-3H3;1-2H3. The maximum absolute atomic E-state index is 10.7. The molecule has 0 saturated heterocycles. The molecular formula is C10H18O2. The molecule has 2 nitrogen and oxygen atoms in total. The van der Waals surface area contributed by atoms with Crippen LogP contribution in [0.4, 0.5) is 0 Å². The van der Waals surface area contributed by atoms with Gasteiger partial charge in [-0.2, -0.15) is 0 Å². The molecule has 0 aromatic rings. The van der Waals surface area contributed by atoms with Crippen molar-refractivity contribution in [3.8, 4) is 12.3 Å². The maximum atomic E-state index is 10.7. The Labute approximate surface area is 75.3 Å². The molecule has 0 radical (unpaired) electrons. The van der Waals surface area contributed by atoms with Gasteiger partial charge in [-0.05, 0) is 5.92 Å². The lowest BCUT2D eigenvalue weighted by Crippen LogP contribution is -2.07. The molecule has 0 rings (SSSR count). The van der Waals surface area contributed by atoms with Crippen LogP contribution in [0.5, 0.6) is 0 Å². The van der Waals surface area contributed by atoms with E-state index in [1.54, 1.807) is 0 Å². The Kier molecular flexibility index (Phi) is 11.4. The molecule has 0 aliphatic heterocycles. The molecule has 0 aliphatic carbocycles. The molecule has 70 valence electrons. The van der Waals surface area contributed by atoms with Gasteiger partial charge in [0.2, 0.25) is 0 Å². The van der Waals surface area contributed by atoms with Crippen molar-refractivity contribution < 1.29 is 9.53 Å². The number of carbonyl (C=O) groups excluding carboxylic acids is 1. The van der Waals surface area contributed by atoms with Crippen LogP contribution in [0.25, 0.3) is 0 Å². The summed E-state index contributed by atoms with van der Waals surface area (Å²) in [6, 6.07) is 0. The van der Waals surface area contributed by atoms with E-state index in [9.17, 15) is 4.79 Å². The van der Waals surface area contributed by atoms with Crippen LogP contribution < -0.4 is 0 Å². The molecule has 0 saturated carbocycles. The number of hydrogen-bond acceptors (Lipinski definition) is 2. The second-order valence-corrected chi connectivity index (χ2v) is 2.46. The Hall–Kier alpha value is -0.970. The van der Waals surface area contributed by atoms with Crippen LogP contribution in [-0.4, -0.2) is 12.6 Å². The van der Waals surface area contributed by atoms with Gasteiger partial charge in [-0.1, -0.05) is 33.6 Å². The molecule has 0 amide bonds. The van der Waals surface area contributed by atoms with E-state index in [1.165, 1.54) is 0 Å². The first kappa shape index (κ1) is 13.6. The Bertz CT molecular complexity index is 142. The number of hydrogen-bond donors (Lipinski definition) is 0. The maximum Gasteiger partial charge on any atom is 0.307 e. The van der Waals surface area contributed by atoms with Crippen LogP contribution >= 0.6 is 0 Å². The van der Waals surface area contributed by atoms with E-state index in [4.69, 9.17) is 6.42 Å². The Morgan fingerprint density at radius 1 is 1.50 bits per heavy atom. The van der Waals surface area contributed by atoms with E-state index in [0.717, 1.165) is 0 Å². The van der Waals surface area contributed by atoms with E-state index in [0.29, 0.717) is 12.3 Å². The monoisotopic (exact) mass is 170 g/mol. The summed E-state index contributed by atoms with van der Waals surface area (Å²) >= 11 is 0. The number of terminal acetylenes is 1. The van der Waals surface area contributed by atoms with Crippen molar-refractivity contribution in [1.29, 1.82) is 0 Å². The van der Waals surface area contributed by atoms with Gasteiger partial charge in [0.05, 0.1) is 0 Å². The molecule has 0 aliphatic rings. The number of esters is 1. The van der Waals surface area contributed by atoms with Gasteiger partial charge >= 0.3 is 5.97 Å². The molecule has 0 aromatic carbocycles. The van der Waals surface area contributed by atoms with E-state index in [1.807, 2.05) is 27.7 Å². The summed E-state index contributed by atoms with van der Waals surface area (Å²) in [5, 5.41) is 0. The average molecular weight is 170 g/mol. The molecule has 0 bridgehead atoms. The second-order valence-electron chi connectivity index (χ2n) is 2.46. The molecule has 0 fully saturated rings. The summed E-state index contributed by atoms with van der Waals surface area (Å²) in [6.45, 7) is 8.00. The quantitative estimate of drug-likeness (QED) is 0.479. The minimum Gasteiger partial charge on any atom is -0.452 e. The summed E-state index contributed by atoms with van der Waals surface area (Å²) in [5.74, 6) is 2.35. The third kappa shape index (κ3) is 11.8. The zero-order valence-electron chi connectivity index (χ0n) is 8.39. The first-order chi connectivity index (χ1) is 5.66. The zero-order valence-corrected chi connectivity index (χ0v) is 8.39. The summed E-state index contributed by atoms with van der Waals surface area (Å²) in [6.07, 6.45) is 5.33. The van der Waals surface area contributed by atoms with Gasteiger partial charge in [-0.15, -0.1) is 6.42 Å². The Balaban J connectivity index is 0. The largest absolute Gasteiger partial charge is 0.452 e. The van der Waals surface area contributed by atoms with Crippen LogP contribution in [0.15, 0.2) is 0 Å².